The molecule has 2 rings (SSSR count). The normalized spacial score (nSPS) is 10.5. The summed E-state index contributed by atoms with van der Waals surface area (Å²) in [5.41, 5.74) is 6.82. The van der Waals surface area contributed by atoms with Crippen LogP contribution in [0.3, 0.4) is 0 Å². The summed E-state index contributed by atoms with van der Waals surface area (Å²) in [7, 11) is 0. The number of aromatic nitrogens is 2. The molecule has 0 radical (unpaired) electrons. The van der Waals surface area contributed by atoms with E-state index in [9.17, 15) is 0 Å². The third-order valence-electron chi connectivity index (χ3n) is 3.09. The molecule has 0 aliphatic rings. The van der Waals surface area contributed by atoms with Gasteiger partial charge in [0.2, 0.25) is 0 Å². The third kappa shape index (κ3) is 2.91. The van der Waals surface area contributed by atoms with E-state index in [4.69, 9.17) is 5.84 Å². The highest BCUT2D eigenvalue weighted by Crippen LogP contribution is 2.28. The smallest absolute Gasteiger partial charge is 0.148 e. The number of nitrogens with zero attached hydrogens (tertiary/aromatic N) is 2. The molecule has 5 nitrogen and oxygen atoms in total. The van der Waals surface area contributed by atoms with Crippen molar-refractivity contribution >= 4 is 33.3 Å². The molecule has 0 unspecified atom stereocenters. The quantitative estimate of drug-likeness (QED) is 0.591. The lowest BCUT2D eigenvalue weighted by atomic mass is 10.1. The molecule has 0 saturated carbocycles. The fourth-order valence-corrected chi connectivity index (χ4v) is 2.27. The zero-order valence-corrected chi connectivity index (χ0v) is 13.6. The molecular formula is C14H18BrN5. The number of aryl methyl sites for hydroxylation is 3. The standard InChI is InChI=1S/C14H18BrN5/c1-7-5-11(6-8(2)12(7)15)19-13-9(3)14(20-16)18-10(4)17-13/h5-6H,16H2,1-4H3,(H2,17,18,19,20). The van der Waals surface area contributed by atoms with E-state index in [1.54, 1.807) is 0 Å². The maximum atomic E-state index is 5.48. The number of rotatable bonds is 3. The Morgan fingerprint density at radius 3 is 2.10 bits per heavy atom. The second kappa shape index (κ2) is 5.76. The predicted octanol–water partition coefficient (Wildman–Crippen LogP) is 3.50. The first-order valence-electron chi connectivity index (χ1n) is 6.28. The largest absolute Gasteiger partial charge is 0.340 e. The Bertz CT molecular complexity index is 631. The fraction of sp³-hybridized carbons (Fsp3) is 0.286. The van der Waals surface area contributed by atoms with Crippen molar-refractivity contribution in [1.29, 1.82) is 0 Å². The number of anilines is 3. The zero-order chi connectivity index (χ0) is 14.9. The highest BCUT2D eigenvalue weighted by atomic mass is 79.9. The topological polar surface area (TPSA) is 75.9 Å². The van der Waals surface area contributed by atoms with Gasteiger partial charge in [-0.1, -0.05) is 15.9 Å². The Hall–Kier alpha value is -1.66. The summed E-state index contributed by atoms with van der Waals surface area (Å²) < 4.78 is 1.13. The Labute approximate surface area is 127 Å². The van der Waals surface area contributed by atoms with Crippen LogP contribution in [0.1, 0.15) is 22.5 Å². The van der Waals surface area contributed by atoms with Gasteiger partial charge >= 0.3 is 0 Å². The summed E-state index contributed by atoms with van der Waals surface area (Å²) in [6.45, 7) is 7.89. The number of nitrogens with two attached hydrogens (primary N) is 1. The summed E-state index contributed by atoms with van der Waals surface area (Å²) in [4.78, 5) is 8.68. The molecule has 0 amide bonds. The molecule has 0 bridgehead atoms. The van der Waals surface area contributed by atoms with Crippen LogP contribution in [0.25, 0.3) is 0 Å². The molecule has 0 spiro atoms. The van der Waals surface area contributed by atoms with Crippen LogP contribution >= 0.6 is 15.9 Å². The van der Waals surface area contributed by atoms with Crippen LogP contribution in [0.2, 0.25) is 0 Å². The molecule has 1 aromatic heterocycles. The van der Waals surface area contributed by atoms with E-state index in [-0.39, 0.29) is 0 Å². The number of hydrogen-bond donors (Lipinski definition) is 3. The average Bonchev–Trinajstić information content (AvgIpc) is 2.39. The molecule has 2 aromatic rings. The van der Waals surface area contributed by atoms with Gasteiger partial charge in [-0.05, 0) is 51.0 Å². The molecule has 106 valence electrons. The van der Waals surface area contributed by atoms with Gasteiger partial charge in [-0.3, -0.25) is 0 Å². The van der Waals surface area contributed by atoms with Gasteiger partial charge in [0.05, 0.1) is 0 Å². The van der Waals surface area contributed by atoms with Gasteiger partial charge in [0, 0.05) is 15.7 Å². The van der Waals surface area contributed by atoms with Crippen molar-refractivity contribution in [2.45, 2.75) is 27.7 Å². The molecule has 0 saturated heterocycles. The minimum atomic E-state index is 0.630. The van der Waals surface area contributed by atoms with Crippen LogP contribution in [-0.4, -0.2) is 9.97 Å². The molecule has 0 aliphatic carbocycles. The number of nitrogen functional groups attached to an aromatic ring is 1. The lowest BCUT2D eigenvalue weighted by Gasteiger charge is -2.14. The number of benzene rings is 1. The van der Waals surface area contributed by atoms with Crippen LogP contribution in [0, 0.1) is 27.7 Å². The number of hydrogen-bond acceptors (Lipinski definition) is 5. The minimum Gasteiger partial charge on any atom is -0.340 e. The first-order valence-corrected chi connectivity index (χ1v) is 7.07. The molecule has 1 heterocycles. The first-order chi connectivity index (χ1) is 9.42. The van der Waals surface area contributed by atoms with E-state index in [0.29, 0.717) is 11.6 Å². The van der Waals surface area contributed by atoms with Gasteiger partial charge in [-0.2, -0.15) is 0 Å². The number of halogens is 1. The molecule has 0 fully saturated rings. The summed E-state index contributed by atoms with van der Waals surface area (Å²) >= 11 is 3.57. The Kier molecular flexibility index (Phi) is 4.25. The Balaban J connectivity index is 2.42. The van der Waals surface area contributed by atoms with E-state index in [1.165, 1.54) is 11.1 Å². The van der Waals surface area contributed by atoms with Crippen molar-refractivity contribution in [3.8, 4) is 0 Å². The van der Waals surface area contributed by atoms with Crippen molar-refractivity contribution in [3.63, 3.8) is 0 Å². The maximum absolute atomic E-state index is 5.48. The van der Waals surface area contributed by atoms with Gasteiger partial charge < -0.3 is 10.7 Å². The monoisotopic (exact) mass is 335 g/mol. The molecule has 0 atom stereocenters. The van der Waals surface area contributed by atoms with Crippen LogP contribution in [0.4, 0.5) is 17.3 Å². The number of hydrazine groups is 1. The van der Waals surface area contributed by atoms with E-state index in [2.05, 4.69) is 62.6 Å². The molecule has 20 heavy (non-hydrogen) atoms. The van der Waals surface area contributed by atoms with Crippen LogP contribution in [0.15, 0.2) is 16.6 Å². The van der Waals surface area contributed by atoms with Crippen molar-refractivity contribution in [2.75, 3.05) is 10.7 Å². The van der Waals surface area contributed by atoms with E-state index in [1.807, 2.05) is 13.8 Å². The van der Waals surface area contributed by atoms with E-state index < -0.39 is 0 Å². The van der Waals surface area contributed by atoms with Crippen molar-refractivity contribution in [1.82, 2.24) is 9.97 Å². The molecular weight excluding hydrogens is 318 g/mol. The Morgan fingerprint density at radius 1 is 1.00 bits per heavy atom. The summed E-state index contributed by atoms with van der Waals surface area (Å²) in [5.74, 6) is 7.53. The predicted molar refractivity (Wildman–Crippen MR) is 86.2 cm³/mol. The maximum Gasteiger partial charge on any atom is 0.148 e. The summed E-state index contributed by atoms with van der Waals surface area (Å²) in [6, 6.07) is 4.15. The van der Waals surface area contributed by atoms with E-state index >= 15 is 0 Å². The van der Waals surface area contributed by atoms with Gasteiger partial charge in [0.15, 0.2) is 0 Å². The van der Waals surface area contributed by atoms with Gasteiger partial charge in [-0.15, -0.1) is 0 Å². The molecule has 1 aromatic carbocycles. The lowest BCUT2D eigenvalue weighted by Crippen LogP contribution is -2.13. The average molecular weight is 336 g/mol. The second-order valence-electron chi connectivity index (χ2n) is 4.79. The molecule has 4 N–H and O–H groups in total. The summed E-state index contributed by atoms with van der Waals surface area (Å²) in [5, 5.41) is 3.33. The first kappa shape index (κ1) is 14.7. The Morgan fingerprint density at radius 2 is 1.55 bits per heavy atom. The van der Waals surface area contributed by atoms with Gasteiger partial charge in [-0.25, -0.2) is 15.8 Å². The molecule has 0 aliphatic heterocycles. The second-order valence-corrected chi connectivity index (χ2v) is 5.58. The third-order valence-corrected chi connectivity index (χ3v) is 4.34. The number of nitrogens with one attached hydrogen (secondary N) is 2. The SMILES string of the molecule is Cc1nc(NN)c(C)c(Nc2cc(C)c(Br)c(C)c2)n1. The van der Waals surface area contributed by atoms with Crippen molar-refractivity contribution < 1.29 is 0 Å². The highest BCUT2D eigenvalue weighted by molar-refractivity contribution is 9.10. The zero-order valence-electron chi connectivity index (χ0n) is 12.0. The fourth-order valence-electron chi connectivity index (χ4n) is 2.05. The van der Waals surface area contributed by atoms with E-state index in [0.717, 1.165) is 21.5 Å². The van der Waals surface area contributed by atoms with Crippen LogP contribution in [0.5, 0.6) is 0 Å². The van der Waals surface area contributed by atoms with Crippen LogP contribution < -0.4 is 16.6 Å². The van der Waals surface area contributed by atoms with Crippen molar-refractivity contribution in [2.24, 2.45) is 5.84 Å². The minimum absolute atomic E-state index is 0.630. The van der Waals surface area contributed by atoms with Gasteiger partial charge in [0.1, 0.15) is 17.5 Å². The lowest BCUT2D eigenvalue weighted by molar-refractivity contribution is 1.03. The van der Waals surface area contributed by atoms with Gasteiger partial charge in [0.25, 0.3) is 0 Å². The summed E-state index contributed by atoms with van der Waals surface area (Å²) in [6.07, 6.45) is 0. The molecule has 6 heteroatoms. The highest BCUT2D eigenvalue weighted by Gasteiger charge is 2.10. The van der Waals surface area contributed by atoms with Crippen molar-refractivity contribution in [3.05, 3.63) is 39.1 Å². The van der Waals surface area contributed by atoms with Crippen LogP contribution in [-0.2, 0) is 0 Å².